The van der Waals surface area contributed by atoms with Gasteiger partial charge < -0.3 is 0 Å². The Morgan fingerprint density at radius 1 is 0.875 bits per heavy atom. The van der Waals surface area contributed by atoms with E-state index in [-0.39, 0.29) is 5.78 Å². The minimum atomic E-state index is -0.0444. The van der Waals surface area contributed by atoms with Crippen molar-refractivity contribution in [1.29, 1.82) is 0 Å². The molecular weight excluding hydrogens is 430 g/mol. The van der Waals surface area contributed by atoms with Crippen molar-refractivity contribution in [1.82, 2.24) is 9.97 Å². The average molecular weight is 436 g/mol. The molecule has 80 valence electrons. The number of nitrogens with zero attached hydrogens (tertiary/aromatic N) is 2. The highest BCUT2D eigenvalue weighted by atomic mass is 127. The molecule has 16 heavy (non-hydrogen) atoms. The molecule has 0 radical (unpaired) electrons. The van der Waals surface area contributed by atoms with E-state index in [0.717, 1.165) is 7.14 Å². The molecule has 0 aromatic carbocycles. The third-order valence-electron chi connectivity index (χ3n) is 1.93. The van der Waals surface area contributed by atoms with E-state index in [0.29, 0.717) is 11.1 Å². The molecular formula is C11H6I2N2O. The summed E-state index contributed by atoms with van der Waals surface area (Å²) in [6.45, 7) is 0. The normalized spacial score (nSPS) is 10.1. The van der Waals surface area contributed by atoms with Gasteiger partial charge in [-0.15, -0.1) is 0 Å². The zero-order chi connectivity index (χ0) is 11.5. The van der Waals surface area contributed by atoms with Gasteiger partial charge in [0.05, 0.1) is 0 Å². The van der Waals surface area contributed by atoms with Crippen molar-refractivity contribution in [3.63, 3.8) is 0 Å². The molecule has 0 aliphatic carbocycles. The first kappa shape index (κ1) is 11.9. The highest BCUT2D eigenvalue weighted by Gasteiger charge is 2.10. The molecule has 0 bridgehead atoms. The van der Waals surface area contributed by atoms with Gasteiger partial charge in [0.25, 0.3) is 0 Å². The van der Waals surface area contributed by atoms with Gasteiger partial charge in [-0.2, -0.15) is 0 Å². The second-order valence-electron chi connectivity index (χ2n) is 3.11. The first-order valence-corrected chi connectivity index (χ1v) is 6.58. The van der Waals surface area contributed by atoms with Crippen LogP contribution in [0.15, 0.2) is 36.9 Å². The fourth-order valence-corrected chi connectivity index (χ4v) is 2.23. The van der Waals surface area contributed by atoms with Gasteiger partial charge in [0.15, 0.2) is 5.78 Å². The van der Waals surface area contributed by atoms with E-state index >= 15 is 0 Å². The van der Waals surface area contributed by atoms with Gasteiger partial charge in [0.1, 0.15) is 0 Å². The topological polar surface area (TPSA) is 42.9 Å². The number of aromatic nitrogens is 2. The smallest absolute Gasteiger partial charge is 0.196 e. The van der Waals surface area contributed by atoms with Crippen LogP contribution in [0.4, 0.5) is 0 Å². The minimum absolute atomic E-state index is 0.0444. The van der Waals surface area contributed by atoms with E-state index in [2.05, 4.69) is 55.1 Å². The van der Waals surface area contributed by atoms with Crippen molar-refractivity contribution >= 4 is 51.0 Å². The Morgan fingerprint density at radius 2 is 1.31 bits per heavy atom. The lowest BCUT2D eigenvalue weighted by molar-refractivity contribution is 0.103. The molecule has 3 nitrogen and oxygen atoms in total. The van der Waals surface area contributed by atoms with Crippen LogP contribution in [0.1, 0.15) is 15.9 Å². The molecule has 0 spiro atoms. The van der Waals surface area contributed by atoms with Crippen LogP contribution >= 0.6 is 45.2 Å². The monoisotopic (exact) mass is 436 g/mol. The maximum absolute atomic E-state index is 12.1. The SMILES string of the molecule is O=C(c1cncc(I)c1)c1cncc(I)c1. The summed E-state index contributed by atoms with van der Waals surface area (Å²) in [6.07, 6.45) is 6.57. The third-order valence-corrected chi connectivity index (χ3v) is 3.11. The van der Waals surface area contributed by atoms with E-state index in [1.165, 1.54) is 0 Å². The first-order chi connectivity index (χ1) is 7.66. The van der Waals surface area contributed by atoms with Crippen LogP contribution in [-0.4, -0.2) is 15.8 Å². The number of pyridine rings is 2. The van der Waals surface area contributed by atoms with Crippen molar-refractivity contribution in [2.45, 2.75) is 0 Å². The molecule has 0 aliphatic rings. The predicted octanol–water partition coefficient (Wildman–Crippen LogP) is 2.92. The third kappa shape index (κ3) is 2.76. The van der Waals surface area contributed by atoms with Crippen LogP contribution in [-0.2, 0) is 0 Å². The molecule has 2 aromatic rings. The van der Waals surface area contributed by atoms with E-state index in [1.807, 2.05) is 12.1 Å². The summed E-state index contributed by atoms with van der Waals surface area (Å²) in [5.41, 5.74) is 1.19. The number of carbonyl (C=O) groups excluding carboxylic acids is 1. The summed E-state index contributed by atoms with van der Waals surface area (Å²) in [6, 6.07) is 3.63. The number of hydrogen-bond donors (Lipinski definition) is 0. The summed E-state index contributed by atoms with van der Waals surface area (Å²) < 4.78 is 1.89. The van der Waals surface area contributed by atoms with Gasteiger partial charge in [0.2, 0.25) is 0 Å². The van der Waals surface area contributed by atoms with Gasteiger partial charge in [-0.1, -0.05) is 0 Å². The van der Waals surface area contributed by atoms with Crippen molar-refractivity contribution in [3.8, 4) is 0 Å². The predicted molar refractivity (Wildman–Crippen MR) is 77.3 cm³/mol. The Bertz CT molecular complexity index is 496. The number of halogens is 2. The standard InChI is InChI=1S/C11H6I2N2O/c12-9-1-7(3-14-5-9)11(16)8-2-10(13)6-15-4-8/h1-6H. The molecule has 0 atom stereocenters. The number of rotatable bonds is 2. The van der Waals surface area contributed by atoms with Crippen molar-refractivity contribution in [3.05, 3.63) is 55.2 Å². The highest BCUT2D eigenvalue weighted by Crippen LogP contribution is 2.13. The van der Waals surface area contributed by atoms with Crippen LogP contribution in [0.3, 0.4) is 0 Å². The molecule has 0 saturated heterocycles. The summed E-state index contributed by atoms with van der Waals surface area (Å²) in [5.74, 6) is -0.0444. The molecule has 0 saturated carbocycles. The van der Waals surface area contributed by atoms with Gasteiger partial charge in [-0.05, 0) is 57.3 Å². The van der Waals surface area contributed by atoms with Crippen LogP contribution in [0, 0.1) is 7.14 Å². The van der Waals surface area contributed by atoms with Gasteiger partial charge in [-0.3, -0.25) is 14.8 Å². The fourth-order valence-electron chi connectivity index (χ4n) is 1.24. The molecule has 2 rings (SSSR count). The fraction of sp³-hybridized carbons (Fsp3) is 0. The number of ketones is 1. The lowest BCUT2D eigenvalue weighted by Crippen LogP contribution is -2.03. The summed E-state index contributed by atoms with van der Waals surface area (Å²) in [4.78, 5) is 20.1. The second-order valence-corrected chi connectivity index (χ2v) is 5.60. The Labute approximate surface area is 120 Å². The van der Waals surface area contributed by atoms with E-state index < -0.39 is 0 Å². The van der Waals surface area contributed by atoms with Crippen molar-refractivity contribution in [2.75, 3.05) is 0 Å². The number of carbonyl (C=O) groups is 1. The molecule has 0 unspecified atom stereocenters. The van der Waals surface area contributed by atoms with Crippen LogP contribution in [0.25, 0.3) is 0 Å². The largest absolute Gasteiger partial charge is 0.288 e. The molecule has 0 fully saturated rings. The second kappa shape index (κ2) is 5.17. The van der Waals surface area contributed by atoms with Gasteiger partial charge >= 0.3 is 0 Å². The summed E-state index contributed by atoms with van der Waals surface area (Å²) >= 11 is 4.27. The molecule has 5 heteroatoms. The molecule has 0 aliphatic heterocycles. The molecule has 2 aromatic heterocycles. The van der Waals surface area contributed by atoms with E-state index in [4.69, 9.17) is 0 Å². The van der Waals surface area contributed by atoms with Crippen LogP contribution in [0.2, 0.25) is 0 Å². The summed E-state index contributed by atoms with van der Waals surface area (Å²) in [7, 11) is 0. The maximum atomic E-state index is 12.1. The minimum Gasteiger partial charge on any atom is -0.288 e. The van der Waals surface area contributed by atoms with Crippen molar-refractivity contribution < 1.29 is 4.79 Å². The molecule has 0 N–H and O–H groups in total. The zero-order valence-electron chi connectivity index (χ0n) is 8.02. The molecule has 2 heterocycles. The highest BCUT2D eigenvalue weighted by molar-refractivity contribution is 14.1. The lowest BCUT2D eigenvalue weighted by Gasteiger charge is -2.01. The Kier molecular flexibility index (Phi) is 3.85. The van der Waals surface area contributed by atoms with Crippen LogP contribution < -0.4 is 0 Å². The molecule has 0 amide bonds. The van der Waals surface area contributed by atoms with Crippen molar-refractivity contribution in [2.24, 2.45) is 0 Å². The Balaban J connectivity index is 2.39. The zero-order valence-corrected chi connectivity index (χ0v) is 12.3. The maximum Gasteiger partial charge on any atom is 0.196 e. The van der Waals surface area contributed by atoms with E-state index in [9.17, 15) is 4.79 Å². The lowest BCUT2D eigenvalue weighted by atomic mass is 10.1. The van der Waals surface area contributed by atoms with Gasteiger partial charge in [-0.25, -0.2) is 0 Å². The van der Waals surface area contributed by atoms with Crippen LogP contribution in [0.5, 0.6) is 0 Å². The average Bonchev–Trinajstić information content (AvgIpc) is 2.28. The quantitative estimate of drug-likeness (QED) is 0.538. The van der Waals surface area contributed by atoms with Gasteiger partial charge in [0, 0.05) is 43.1 Å². The Hall–Kier alpha value is -0.570. The summed E-state index contributed by atoms with van der Waals surface area (Å²) in [5, 5.41) is 0. The first-order valence-electron chi connectivity index (χ1n) is 4.42. The Morgan fingerprint density at radius 3 is 1.69 bits per heavy atom. The van der Waals surface area contributed by atoms with E-state index in [1.54, 1.807) is 24.8 Å². The number of hydrogen-bond acceptors (Lipinski definition) is 3.